The maximum absolute atomic E-state index is 14.0. The molecule has 80 heavy (non-hydrogen) atoms. The van der Waals surface area contributed by atoms with E-state index in [1.165, 1.54) is 11.3 Å². The zero-order valence-electron chi connectivity index (χ0n) is 45.6. The van der Waals surface area contributed by atoms with Gasteiger partial charge in [0.25, 0.3) is 0 Å². The number of nitrogens with one attached hydrogen (secondary N) is 3. The van der Waals surface area contributed by atoms with Crippen LogP contribution in [0.4, 0.5) is 15.6 Å². The lowest BCUT2D eigenvalue weighted by Gasteiger charge is -2.32. The van der Waals surface area contributed by atoms with Crippen molar-refractivity contribution >= 4 is 45.9 Å². The van der Waals surface area contributed by atoms with Gasteiger partial charge in [-0.05, 0) is 92.2 Å². The molecule has 8 rings (SSSR count). The van der Waals surface area contributed by atoms with E-state index in [0.29, 0.717) is 132 Å². The number of phenolic OH excluding ortho intramolecular Hbond substituents is 1. The number of anilines is 2. The molecule has 0 spiro atoms. The summed E-state index contributed by atoms with van der Waals surface area (Å²) in [6, 6.07) is 29.5. The number of hydrogen-bond acceptors (Lipinski definition) is 16. The lowest BCUT2D eigenvalue weighted by Crippen LogP contribution is -2.47. The molecule has 426 valence electrons. The van der Waals surface area contributed by atoms with Gasteiger partial charge in [0.05, 0.1) is 70.4 Å². The predicted molar refractivity (Wildman–Crippen MR) is 303 cm³/mol. The number of phenols is 1. The number of ether oxygens (including phenoxy) is 5. The second-order valence-electron chi connectivity index (χ2n) is 19.7. The summed E-state index contributed by atoms with van der Waals surface area (Å²) in [6.07, 6.45) is 4.50. The first-order valence-corrected chi connectivity index (χ1v) is 28.0. The largest absolute Gasteiger partial charge is 0.508 e. The van der Waals surface area contributed by atoms with Crippen LogP contribution in [-0.2, 0) is 60.9 Å². The molecule has 22 heteroatoms. The van der Waals surface area contributed by atoms with Crippen LogP contribution in [0.2, 0.25) is 0 Å². The zero-order valence-corrected chi connectivity index (χ0v) is 46.4. The minimum absolute atomic E-state index is 0.0335. The third-order valence-electron chi connectivity index (χ3n) is 13.4. The Kier molecular flexibility index (Phi) is 22.6. The second-order valence-corrected chi connectivity index (χ2v) is 20.6. The lowest BCUT2D eigenvalue weighted by molar-refractivity contribution is -0.141. The van der Waals surface area contributed by atoms with Crippen LogP contribution < -0.4 is 25.4 Å². The molecule has 1 aliphatic carbocycles. The molecular formula is C58H73N11O10S. The number of aromatic hydroxyl groups is 1. The molecule has 0 bridgehead atoms. The molecule has 1 saturated carbocycles. The number of thiazole rings is 1. The maximum atomic E-state index is 14.0. The molecule has 3 heterocycles. The highest BCUT2D eigenvalue weighted by molar-refractivity contribution is 7.14. The van der Waals surface area contributed by atoms with Crippen LogP contribution >= 0.6 is 11.3 Å². The summed E-state index contributed by atoms with van der Waals surface area (Å²) in [7, 11) is 4.06. The molecule has 1 unspecified atom stereocenters. The minimum Gasteiger partial charge on any atom is -0.508 e. The quantitative estimate of drug-likeness (QED) is 0.0373. The van der Waals surface area contributed by atoms with Crippen molar-refractivity contribution in [3.63, 3.8) is 0 Å². The molecule has 6 aromatic rings. The van der Waals surface area contributed by atoms with Crippen LogP contribution in [0.15, 0.2) is 115 Å². The Balaban J connectivity index is 0.637. The van der Waals surface area contributed by atoms with Crippen LogP contribution in [0.5, 0.6) is 17.2 Å². The van der Waals surface area contributed by atoms with Crippen molar-refractivity contribution < 1.29 is 48.0 Å². The Hall–Kier alpha value is -7.47. The van der Waals surface area contributed by atoms with Gasteiger partial charge in [0.2, 0.25) is 17.7 Å². The van der Waals surface area contributed by atoms with Crippen molar-refractivity contribution in [3.8, 4) is 17.2 Å². The summed E-state index contributed by atoms with van der Waals surface area (Å²) in [6.45, 7) is 9.01. The number of benzene rings is 4. The van der Waals surface area contributed by atoms with Crippen molar-refractivity contribution in [2.24, 2.45) is 0 Å². The van der Waals surface area contributed by atoms with E-state index in [4.69, 9.17) is 23.7 Å². The highest BCUT2D eigenvalue weighted by Gasteiger charge is 2.41. The van der Waals surface area contributed by atoms with E-state index >= 15 is 0 Å². The molecule has 2 aromatic heterocycles. The molecule has 1 aliphatic heterocycles. The van der Waals surface area contributed by atoms with Crippen LogP contribution in [0.25, 0.3) is 0 Å². The van der Waals surface area contributed by atoms with E-state index in [0.717, 1.165) is 42.8 Å². The van der Waals surface area contributed by atoms with Crippen LogP contribution in [0, 0.1) is 0 Å². The van der Waals surface area contributed by atoms with E-state index in [9.17, 15) is 24.3 Å². The SMILES string of the molecule is CN(CCOCCOCCc1cn(CCOCCOc2ccc(NC(=O)Nc3nc(CC(=O)N4CCN(C)CC4)cs3)cc2)nn1)CCOc1ccc(C(C(=O)NCc2ccccc2)N(C(=O)Cc2ccc(O)cc2)C2CC2)cc1. The molecule has 2 fully saturated rings. The van der Waals surface area contributed by atoms with Gasteiger partial charge in [-0.1, -0.05) is 59.8 Å². The van der Waals surface area contributed by atoms with Gasteiger partial charge >= 0.3 is 6.03 Å². The average molecular weight is 1120 g/mol. The molecule has 2 aliphatic rings. The van der Waals surface area contributed by atoms with Gasteiger partial charge in [-0.2, -0.15) is 0 Å². The van der Waals surface area contributed by atoms with E-state index < -0.39 is 12.1 Å². The number of rotatable bonds is 32. The number of carbonyl (C=O) groups is 4. The normalized spacial score (nSPS) is 13.9. The van der Waals surface area contributed by atoms with Gasteiger partial charge < -0.3 is 59.0 Å². The van der Waals surface area contributed by atoms with Crippen LogP contribution in [0.1, 0.15) is 47.0 Å². The smallest absolute Gasteiger partial charge is 0.325 e. The van der Waals surface area contributed by atoms with Crippen molar-refractivity contribution in [1.82, 2.24) is 44.9 Å². The number of likely N-dealkylation sites (N-methyl/N-ethyl adjacent to an activating group) is 2. The summed E-state index contributed by atoms with van der Waals surface area (Å²) in [5.74, 6) is 1.09. The summed E-state index contributed by atoms with van der Waals surface area (Å²) >= 11 is 1.28. The van der Waals surface area contributed by atoms with E-state index in [1.807, 2.05) is 79.8 Å². The number of aromatic nitrogens is 4. The minimum atomic E-state index is -0.820. The fraction of sp³-hybridized carbons (Fsp3) is 0.431. The lowest BCUT2D eigenvalue weighted by atomic mass is 10.0. The average Bonchev–Trinajstić information content (AvgIpc) is 4.06. The summed E-state index contributed by atoms with van der Waals surface area (Å²) in [5.41, 5.74) is 4.49. The first-order chi connectivity index (χ1) is 39.0. The standard InChI is InChI=1S/C58H73N11O10S/c1-65-23-25-67(26-24-65)53(71)39-48-42-80-58(61-48)62-57(74)60-46-12-20-52(21-13-46)79-37-36-77-32-29-68-41-47(63-64-68)22-30-75-34-35-76-31-27-66(2)28-33-78-51-18-10-45(11-19-51)55(56(73)59-40-44-6-4-3-5-7-44)69(49-14-15-49)54(72)38-43-8-16-50(70)17-9-43/h3-13,16-21,41-42,49,55,70H,14-15,22-40H2,1-2H3,(H,59,73)(H2,60,61,62,74). The molecule has 4 N–H and O–H groups in total. The summed E-state index contributed by atoms with van der Waals surface area (Å²) in [5, 5.41) is 29.0. The third-order valence-corrected chi connectivity index (χ3v) is 14.2. The van der Waals surface area contributed by atoms with Crippen molar-refractivity contribution in [2.75, 3.05) is 117 Å². The highest BCUT2D eigenvalue weighted by atomic mass is 32.1. The number of carbonyl (C=O) groups excluding carboxylic acids is 4. The maximum Gasteiger partial charge on any atom is 0.325 e. The Bertz CT molecular complexity index is 2850. The third kappa shape index (κ3) is 19.4. The Morgan fingerprint density at radius 2 is 1.40 bits per heavy atom. The molecule has 5 amide bonds. The monoisotopic (exact) mass is 1120 g/mol. The van der Waals surface area contributed by atoms with Gasteiger partial charge in [0.1, 0.15) is 36.5 Å². The van der Waals surface area contributed by atoms with Gasteiger partial charge in [0.15, 0.2) is 5.13 Å². The Morgan fingerprint density at radius 3 is 2.14 bits per heavy atom. The fourth-order valence-corrected chi connectivity index (χ4v) is 9.42. The topological polar surface area (TPSA) is 227 Å². The molecule has 1 atom stereocenters. The number of amides is 5. The fourth-order valence-electron chi connectivity index (χ4n) is 8.71. The molecule has 21 nitrogen and oxygen atoms in total. The molecule has 1 saturated heterocycles. The Labute approximate surface area is 471 Å². The molecule has 4 aromatic carbocycles. The Morgan fingerprint density at radius 1 is 0.725 bits per heavy atom. The van der Waals surface area contributed by atoms with Crippen LogP contribution in [-0.4, -0.2) is 181 Å². The van der Waals surface area contributed by atoms with Crippen LogP contribution in [0.3, 0.4) is 0 Å². The first kappa shape index (κ1) is 58.7. The summed E-state index contributed by atoms with van der Waals surface area (Å²) in [4.78, 5) is 65.5. The number of piperazine rings is 1. The van der Waals surface area contributed by atoms with Gasteiger partial charge in [-0.25, -0.2) is 14.5 Å². The van der Waals surface area contributed by atoms with Crippen molar-refractivity contribution in [2.45, 2.75) is 57.3 Å². The summed E-state index contributed by atoms with van der Waals surface area (Å²) < 4.78 is 31.0. The molecular weight excluding hydrogens is 1040 g/mol. The van der Waals surface area contributed by atoms with Gasteiger partial charge in [-0.3, -0.25) is 19.7 Å². The first-order valence-electron chi connectivity index (χ1n) is 27.2. The van der Waals surface area contributed by atoms with E-state index in [2.05, 4.69) is 41.0 Å². The number of urea groups is 1. The predicted octanol–water partition coefficient (Wildman–Crippen LogP) is 5.67. The van der Waals surface area contributed by atoms with Crippen molar-refractivity contribution in [3.05, 3.63) is 143 Å². The number of hydrogen-bond donors (Lipinski definition) is 4. The van der Waals surface area contributed by atoms with Gasteiger partial charge in [0, 0.05) is 75.5 Å². The second kappa shape index (κ2) is 30.8. The molecule has 0 radical (unpaired) electrons. The van der Waals surface area contributed by atoms with Gasteiger partial charge in [-0.15, -0.1) is 16.4 Å². The van der Waals surface area contributed by atoms with E-state index in [-0.39, 0.29) is 42.4 Å². The zero-order chi connectivity index (χ0) is 55.9. The van der Waals surface area contributed by atoms with Crippen molar-refractivity contribution in [1.29, 1.82) is 0 Å². The van der Waals surface area contributed by atoms with E-state index in [1.54, 1.807) is 63.5 Å². The highest BCUT2D eigenvalue weighted by Crippen LogP contribution is 2.36. The number of nitrogens with zero attached hydrogens (tertiary/aromatic N) is 8.